The summed E-state index contributed by atoms with van der Waals surface area (Å²) in [6, 6.07) is 22.3. The van der Waals surface area contributed by atoms with E-state index in [2.05, 4.69) is 5.32 Å². The summed E-state index contributed by atoms with van der Waals surface area (Å²) < 4.78 is 19.1. The first-order chi connectivity index (χ1) is 21.3. The minimum atomic E-state index is -0.832. The highest BCUT2D eigenvalue weighted by molar-refractivity contribution is 7.07. The molecule has 2 aromatic heterocycles. The Bertz CT molecular complexity index is 2110. The van der Waals surface area contributed by atoms with E-state index in [1.165, 1.54) is 23.0 Å². The number of benzene rings is 3. The zero-order chi connectivity index (χ0) is 31.0. The Morgan fingerprint density at radius 2 is 1.80 bits per heavy atom. The third-order valence-corrected chi connectivity index (χ3v) is 8.86. The first kappa shape index (κ1) is 29.5. The van der Waals surface area contributed by atoms with Gasteiger partial charge in [-0.2, -0.15) is 0 Å². The van der Waals surface area contributed by atoms with E-state index in [-0.39, 0.29) is 11.5 Å². The molecule has 0 bridgehead atoms. The summed E-state index contributed by atoms with van der Waals surface area (Å²) in [5.74, 6) is 1.68. The fourth-order valence-electron chi connectivity index (χ4n) is 5.03. The van der Waals surface area contributed by atoms with E-state index >= 15 is 0 Å². The van der Waals surface area contributed by atoms with Crippen LogP contribution in [0.2, 0.25) is 10.0 Å². The number of furan rings is 1. The molecule has 0 unspecified atom stereocenters. The van der Waals surface area contributed by atoms with E-state index in [4.69, 9.17) is 42.1 Å². The lowest BCUT2D eigenvalue weighted by Crippen LogP contribution is -2.40. The van der Waals surface area contributed by atoms with Gasteiger partial charge in [0.25, 0.3) is 11.5 Å². The van der Waals surface area contributed by atoms with Crippen molar-refractivity contribution in [1.82, 2.24) is 4.57 Å². The van der Waals surface area contributed by atoms with Crippen LogP contribution >= 0.6 is 34.5 Å². The predicted molar refractivity (Wildman–Crippen MR) is 173 cm³/mol. The predicted octanol–water partition coefficient (Wildman–Crippen LogP) is 6.46. The van der Waals surface area contributed by atoms with Crippen LogP contribution in [0.25, 0.3) is 17.4 Å². The molecule has 0 radical (unpaired) electrons. The molecule has 222 valence electrons. The number of amides is 1. The number of rotatable bonds is 7. The Kier molecular flexibility index (Phi) is 8.18. The Labute approximate surface area is 266 Å². The number of methoxy groups -OCH3 is 2. The molecule has 44 heavy (non-hydrogen) atoms. The second-order valence-corrected chi connectivity index (χ2v) is 11.7. The zero-order valence-electron chi connectivity index (χ0n) is 23.8. The van der Waals surface area contributed by atoms with Gasteiger partial charge >= 0.3 is 0 Å². The molecule has 1 aliphatic rings. The van der Waals surface area contributed by atoms with E-state index in [9.17, 15) is 9.59 Å². The molecule has 1 amide bonds. The average Bonchev–Trinajstić information content (AvgIpc) is 3.62. The molecule has 0 saturated heterocycles. The minimum absolute atomic E-state index is 0.316. The van der Waals surface area contributed by atoms with Crippen LogP contribution in [0.1, 0.15) is 24.3 Å². The van der Waals surface area contributed by atoms with Crippen LogP contribution in [0.3, 0.4) is 0 Å². The van der Waals surface area contributed by atoms with Crippen molar-refractivity contribution in [2.45, 2.75) is 13.0 Å². The summed E-state index contributed by atoms with van der Waals surface area (Å²) in [5.41, 5.74) is 2.43. The lowest BCUT2D eigenvalue weighted by Gasteiger charge is -2.26. The van der Waals surface area contributed by atoms with Gasteiger partial charge in [-0.1, -0.05) is 52.7 Å². The van der Waals surface area contributed by atoms with Crippen molar-refractivity contribution < 1.29 is 18.7 Å². The Morgan fingerprint density at radius 3 is 2.52 bits per heavy atom. The van der Waals surface area contributed by atoms with Crippen molar-refractivity contribution in [1.29, 1.82) is 0 Å². The van der Waals surface area contributed by atoms with Gasteiger partial charge in [-0.3, -0.25) is 14.2 Å². The number of hydrogen-bond donors (Lipinski definition) is 1. The van der Waals surface area contributed by atoms with Gasteiger partial charge in [0.1, 0.15) is 29.1 Å². The number of ether oxygens (including phenoxy) is 2. The summed E-state index contributed by atoms with van der Waals surface area (Å²) in [6.07, 6.45) is 1.66. The van der Waals surface area contributed by atoms with Gasteiger partial charge < -0.3 is 19.2 Å². The largest absolute Gasteiger partial charge is 0.497 e. The summed E-state index contributed by atoms with van der Waals surface area (Å²) in [4.78, 5) is 33.1. The highest BCUT2D eigenvalue weighted by atomic mass is 35.5. The molecule has 1 N–H and O–H groups in total. The zero-order valence-corrected chi connectivity index (χ0v) is 26.1. The summed E-state index contributed by atoms with van der Waals surface area (Å²) in [7, 11) is 3.09. The molecule has 3 aromatic carbocycles. The number of para-hydroxylation sites is 1. The van der Waals surface area contributed by atoms with Gasteiger partial charge in [0.05, 0.1) is 40.1 Å². The molecule has 6 rings (SSSR count). The third kappa shape index (κ3) is 5.57. The van der Waals surface area contributed by atoms with Gasteiger partial charge in [-0.15, -0.1) is 0 Å². The number of carbonyl (C=O) groups excluding carboxylic acids is 1. The molecule has 0 spiro atoms. The Morgan fingerprint density at radius 1 is 1.00 bits per heavy atom. The molecular weight excluding hydrogens is 621 g/mol. The van der Waals surface area contributed by atoms with Crippen molar-refractivity contribution in [2.75, 3.05) is 19.5 Å². The van der Waals surface area contributed by atoms with Crippen molar-refractivity contribution >= 4 is 52.2 Å². The number of anilines is 1. The fraction of sp³-hybridized carbons (Fsp3) is 0.121. The van der Waals surface area contributed by atoms with Crippen molar-refractivity contribution in [3.8, 4) is 22.8 Å². The van der Waals surface area contributed by atoms with Gasteiger partial charge in [-0.25, -0.2) is 4.99 Å². The van der Waals surface area contributed by atoms with Crippen LogP contribution in [-0.2, 0) is 4.79 Å². The van der Waals surface area contributed by atoms with Crippen LogP contribution < -0.4 is 29.7 Å². The highest BCUT2D eigenvalue weighted by Crippen LogP contribution is 2.38. The van der Waals surface area contributed by atoms with E-state index < -0.39 is 6.04 Å². The number of nitrogens with zero attached hydrogens (tertiary/aromatic N) is 2. The Hall–Kier alpha value is -4.57. The average molecular weight is 647 g/mol. The molecule has 1 aliphatic heterocycles. The van der Waals surface area contributed by atoms with Gasteiger partial charge in [-0.05, 0) is 61.5 Å². The summed E-state index contributed by atoms with van der Waals surface area (Å²) in [6.45, 7) is 1.76. The van der Waals surface area contributed by atoms with Crippen molar-refractivity contribution in [3.63, 3.8) is 0 Å². The molecule has 1 atom stereocenters. The van der Waals surface area contributed by atoms with Gasteiger partial charge in [0.2, 0.25) is 0 Å². The van der Waals surface area contributed by atoms with Gasteiger partial charge in [0, 0.05) is 29.0 Å². The quantitative estimate of drug-likeness (QED) is 0.219. The molecular formula is C33H25Cl2N3O5S. The van der Waals surface area contributed by atoms with E-state index in [1.54, 1.807) is 80.8 Å². The second-order valence-electron chi connectivity index (χ2n) is 9.84. The number of allylic oxidation sites excluding steroid dienone is 1. The lowest BCUT2D eigenvalue weighted by atomic mass is 9.94. The molecule has 0 saturated carbocycles. The number of hydrogen-bond acceptors (Lipinski definition) is 7. The maximum atomic E-state index is 14.1. The third-order valence-electron chi connectivity index (χ3n) is 7.14. The topological polar surface area (TPSA) is 95.1 Å². The number of carbonyl (C=O) groups is 1. The van der Waals surface area contributed by atoms with E-state index in [0.29, 0.717) is 64.9 Å². The van der Waals surface area contributed by atoms with Crippen molar-refractivity contribution in [2.24, 2.45) is 4.99 Å². The number of aromatic nitrogens is 1. The number of halogens is 2. The second kappa shape index (κ2) is 12.2. The first-order valence-corrected chi connectivity index (χ1v) is 15.0. The fourth-order valence-corrected chi connectivity index (χ4v) is 6.36. The monoisotopic (exact) mass is 645 g/mol. The van der Waals surface area contributed by atoms with Crippen LogP contribution in [0.15, 0.2) is 104 Å². The first-order valence-electron chi connectivity index (χ1n) is 13.4. The molecule has 0 aliphatic carbocycles. The van der Waals surface area contributed by atoms with Crippen LogP contribution in [0.4, 0.5) is 5.69 Å². The van der Waals surface area contributed by atoms with Crippen molar-refractivity contribution in [3.05, 3.63) is 131 Å². The number of nitrogens with one attached hydrogen (secondary N) is 1. The molecule has 0 fully saturated rings. The number of fused-ring (bicyclic) bond motifs is 1. The lowest BCUT2D eigenvalue weighted by molar-refractivity contribution is -0.113. The molecule has 3 heterocycles. The highest BCUT2D eigenvalue weighted by Gasteiger charge is 2.34. The minimum Gasteiger partial charge on any atom is -0.497 e. The number of thiazole rings is 1. The maximum Gasteiger partial charge on any atom is 0.271 e. The van der Waals surface area contributed by atoms with E-state index in [0.717, 1.165) is 5.56 Å². The summed E-state index contributed by atoms with van der Waals surface area (Å²) in [5, 5.41) is 3.80. The smallest absolute Gasteiger partial charge is 0.271 e. The SMILES string of the molecule is COc1ccc([C@@H]2C(C(=O)Nc3ccccc3)=C(C)N=c3s/c(=C\c4ccc(-c5ccc(Cl)c(Cl)c5)o4)c(=O)n32)c(OC)c1. The van der Waals surface area contributed by atoms with E-state index in [1.807, 2.05) is 18.2 Å². The molecule has 8 nitrogen and oxygen atoms in total. The molecule has 5 aromatic rings. The molecule has 11 heteroatoms. The normalized spacial score (nSPS) is 14.7. The standard InChI is InChI=1S/C33H25Cl2N3O5S/c1-18-29(31(39)37-20-7-5-4-6-8-20)30(23-12-10-21(41-2)16-27(23)42-3)38-32(40)28(44-33(38)36-18)17-22-11-14-26(43-22)19-9-13-24(34)25(35)15-19/h4-17,30H,1-3H3,(H,37,39)/b28-17-/t30-/m1/s1. The van der Waals surface area contributed by atoms with Crippen LogP contribution in [0, 0.1) is 0 Å². The van der Waals surface area contributed by atoms with Crippen LogP contribution in [-0.4, -0.2) is 24.7 Å². The summed E-state index contributed by atoms with van der Waals surface area (Å²) >= 11 is 13.5. The van der Waals surface area contributed by atoms with Gasteiger partial charge in [0.15, 0.2) is 4.80 Å². The maximum absolute atomic E-state index is 14.1. The Balaban J connectivity index is 1.48. The van der Waals surface area contributed by atoms with Crippen LogP contribution in [0.5, 0.6) is 11.5 Å².